The minimum Gasteiger partial charge on any atom is -0.455 e. The zero-order valence-corrected chi connectivity index (χ0v) is 17.6. The van der Waals surface area contributed by atoms with Crippen molar-refractivity contribution in [1.29, 1.82) is 0 Å². The van der Waals surface area contributed by atoms with Gasteiger partial charge in [-0.1, -0.05) is 46.9 Å². The van der Waals surface area contributed by atoms with Crippen LogP contribution in [0.3, 0.4) is 0 Å². The monoisotopic (exact) mass is 454 g/mol. The number of halogens is 3. The van der Waals surface area contributed by atoms with E-state index in [0.717, 1.165) is 5.56 Å². The molecule has 1 saturated heterocycles. The van der Waals surface area contributed by atoms with E-state index in [-0.39, 0.29) is 23.9 Å². The second kappa shape index (κ2) is 9.03. The van der Waals surface area contributed by atoms with Gasteiger partial charge in [0.05, 0.1) is 21.7 Å². The van der Waals surface area contributed by atoms with E-state index in [0.29, 0.717) is 21.4 Å². The molecule has 1 heterocycles. The summed E-state index contributed by atoms with van der Waals surface area (Å²) >= 11 is 18.2. The van der Waals surface area contributed by atoms with Crippen molar-refractivity contribution in [2.45, 2.75) is 13.3 Å². The van der Waals surface area contributed by atoms with Gasteiger partial charge in [-0.15, -0.1) is 0 Å². The highest BCUT2D eigenvalue weighted by molar-refractivity contribution is 6.44. The summed E-state index contributed by atoms with van der Waals surface area (Å²) < 4.78 is 5.08. The van der Waals surface area contributed by atoms with E-state index in [1.54, 1.807) is 36.4 Å². The van der Waals surface area contributed by atoms with Crippen LogP contribution in [0.15, 0.2) is 36.4 Å². The minimum absolute atomic E-state index is 0.0309. The molecule has 2 aromatic carbocycles. The molecule has 0 spiro atoms. The lowest BCUT2D eigenvalue weighted by Crippen LogP contribution is -2.28. The van der Waals surface area contributed by atoms with Crippen LogP contribution in [-0.2, 0) is 19.1 Å². The Kier molecular flexibility index (Phi) is 6.67. The SMILES string of the molecule is Cc1ccc(NC(=O)COC(=O)[C@@H]2CC(=O)N(c3cccc(Cl)c3Cl)C2)cc1Cl. The highest BCUT2D eigenvalue weighted by Gasteiger charge is 2.37. The quantitative estimate of drug-likeness (QED) is 0.674. The van der Waals surface area contributed by atoms with Crippen LogP contribution < -0.4 is 10.2 Å². The summed E-state index contributed by atoms with van der Waals surface area (Å²) in [5.74, 6) is -2.09. The predicted molar refractivity (Wildman–Crippen MR) is 113 cm³/mol. The highest BCUT2D eigenvalue weighted by Crippen LogP contribution is 2.35. The van der Waals surface area contributed by atoms with E-state index in [4.69, 9.17) is 39.5 Å². The summed E-state index contributed by atoms with van der Waals surface area (Å²) in [4.78, 5) is 38.0. The first kappa shape index (κ1) is 21.4. The number of ether oxygens (including phenoxy) is 1. The van der Waals surface area contributed by atoms with Gasteiger partial charge in [0.1, 0.15) is 0 Å². The number of rotatable bonds is 5. The molecular weight excluding hydrogens is 439 g/mol. The van der Waals surface area contributed by atoms with E-state index < -0.39 is 24.4 Å². The molecule has 6 nitrogen and oxygen atoms in total. The van der Waals surface area contributed by atoms with E-state index in [9.17, 15) is 14.4 Å². The van der Waals surface area contributed by atoms with Crippen LogP contribution in [0.25, 0.3) is 0 Å². The van der Waals surface area contributed by atoms with Crippen molar-refractivity contribution in [3.05, 3.63) is 57.0 Å². The Bertz CT molecular complexity index is 980. The van der Waals surface area contributed by atoms with Gasteiger partial charge in [0.15, 0.2) is 6.61 Å². The zero-order valence-electron chi connectivity index (χ0n) is 15.4. The molecule has 2 aromatic rings. The van der Waals surface area contributed by atoms with Crippen LogP contribution in [-0.4, -0.2) is 30.9 Å². The first-order chi connectivity index (χ1) is 13.8. The van der Waals surface area contributed by atoms with E-state index in [1.807, 2.05) is 6.92 Å². The number of carbonyl (C=O) groups is 3. The van der Waals surface area contributed by atoms with Gasteiger partial charge in [-0.2, -0.15) is 0 Å². The fourth-order valence-electron chi connectivity index (χ4n) is 2.92. The van der Waals surface area contributed by atoms with Crippen molar-refractivity contribution >= 4 is 64.0 Å². The average molecular weight is 456 g/mol. The second-order valence-corrected chi connectivity index (χ2v) is 7.79. The van der Waals surface area contributed by atoms with Gasteiger partial charge in [-0.05, 0) is 36.8 Å². The summed E-state index contributed by atoms with van der Waals surface area (Å²) in [5, 5.41) is 3.68. The molecule has 29 heavy (non-hydrogen) atoms. The van der Waals surface area contributed by atoms with Crippen molar-refractivity contribution in [1.82, 2.24) is 0 Å². The third-order valence-corrected chi connectivity index (χ3v) is 5.70. The molecule has 2 amide bonds. The molecule has 9 heteroatoms. The summed E-state index contributed by atoms with van der Waals surface area (Å²) in [7, 11) is 0. The van der Waals surface area contributed by atoms with E-state index >= 15 is 0 Å². The second-order valence-electron chi connectivity index (χ2n) is 6.60. The number of carbonyl (C=O) groups excluding carboxylic acids is 3. The molecule has 0 unspecified atom stereocenters. The summed E-state index contributed by atoms with van der Waals surface area (Å²) in [5.41, 5.74) is 1.82. The van der Waals surface area contributed by atoms with Gasteiger partial charge in [-0.3, -0.25) is 14.4 Å². The van der Waals surface area contributed by atoms with Crippen molar-refractivity contribution in [2.24, 2.45) is 5.92 Å². The molecule has 1 atom stereocenters. The third-order valence-electron chi connectivity index (χ3n) is 4.48. The lowest BCUT2D eigenvalue weighted by molar-refractivity contribution is -0.151. The van der Waals surface area contributed by atoms with Gasteiger partial charge in [-0.25, -0.2) is 0 Å². The van der Waals surface area contributed by atoms with E-state index in [1.165, 1.54) is 4.90 Å². The Morgan fingerprint density at radius 2 is 1.93 bits per heavy atom. The third kappa shape index (κ3) is 5.01. The fraction of sp³-hybridized carbons (Fsp3) is 0.250. The van der Waals surface area contributed by atoms with Gasteiger partial charge < -0.3 is 15.0 Å². The molecular formula is C20H17Cl3N2O4. The molecule has 0 saturated carbocycles. The van der Waals surface area contributed by atoms with Gasteiger partial charge in [0, 0.05) is 23.7 Å². The van der Waals surface area contributed by atoms with Gasteiger partial charge in [0.25, 0.3) is 5.91 Å². The Balaban J connectivity index is 1.56. The molecule has 1 N–H and O–H groups in total. The molecule has 0 aliphatic carbocycles. The highest BCUT2D eigenvalue weighted by atomic mass is 35.5. The van der Waals surface area contributed by atoms with Gasteiger partial charge in [0.2, 0.25) is 5.91 Å². The van der Waals surface area contributed by atoms with Crippen LogP contribution in [0, 0.1) is 12.8 Å². The summed E-state index contributed by atoms with van der Waals surface area (Å²) in [6.07, 6.45) is -0.0309. The largest absolute Gasteiger partial charge is 0.455 e. The first-order valence-electron chi connectivity index (χ1n) is 8.73. The number of amides is 2. The Morgan fingerprint density at radius 1 is 1.17 bits per heavy atom. The maximum atomic E-state index is 12.3. The van der Waals surface area contributed by atoms with Gasteiger partial charge >= 0.3 is 5.97 Å². The predicted octanol–water partition coefficient (Wildman–Crippen LogP) is 4.49. The van der Waals surface area contributed by atoms with Crippen LogP contribution in [0.2, 0.25) is 15.1 Å². The number of benzene rings is 2. The lowest BCUT2D eigenvalue weighted by atomic mass is 10.1. The molecule has 3 rings (SSSR count). The lowest BCUT2D eigenvalue weighted by Gasteiger charge is -2.18. The minimum atomic E-state index is -0.695. The number of anilines is 2. The van der Waals surface area contributed by atoms with Crippen LogP contribution in [0.4, 0.5) is 11.4 Å². The van der Waals surface area contributed by atoms with Crippen molar-refractivity contribution < 1.29 is 19.1 Å². The number of hydrogen-bond acceptors (Lipinski definition) is 4. The number of hydrogen-bond donors (Lipinski definition) is 1. The van der Waals surface area contributed by atoms with Crippen LogP contribution in [0.1, 0.15) is 12.0 Å². The number of nitrogens with one attached hydrogen (secondary N) is 1. The van der Waals surface area contributed by atoms with Crippen molar-refractivity contribution in [2.75, 3.05) is 23.4 Å². The molecule has 0 bridgehead atoms. The molecule has 1 aliphatic heterocycles. The topological polar surface area (TPSA) is 75.7 Å². The fourth-order valence-corrected chi connectivity index (χ4v) is 3.50. The van der Waals surface area contributed by atoms with E-state index in [2.05, 4.69) is 5.32 Å². The first-order valence-corrected chi connectivity index (χ1v) is 9.86. The molecule has 0 radical (unpaired) electrons. The Labute approximate surface area is 182 Å². The molecule has 1 fully saturated rings. The number of aryl methyl sites for hydroxylation is 1. The maximum absolute atomic E-state index is 12.3. The maximum Gasteiger partial charge on any atom is 0.311 e. The molecule has 152 valence electrons. The Morgan fingerprint density at radius 3 is 2.66 bits per heavy atom. The molecule has 0 aromatic heterocycles. The smallest absolute Gasteiger partial charge is 0.311 e. The molecule has 1 aliphatic rings. The van der Waals surface area contributed by atoms with Crippen LogP contribution >= 0.6 is 34.8 Å². The standard InChI is InChI=1S/C20H17Cl3N2O4/c1-11-5-6-13(8-15(11)22)24-17(26)10-29-20(28)12-7-18(27)25(9-12)16-4-2-3-14(21)19(16)23/h2-6,8,12H,7,9-10H2,1H3,(H,24,26)/t12-/m1/s1. The Hall–Kier alpha value is -2.28. The number of esters is 1. The average Bonchev–Trinajstić information content (AvgIpc) is 3.06. The summed E-state index contributed by atoms with van der Waals surface area (Å²) in [6, 6.07) is 10.0. The normalized spacial score (nSPS) is 16.1. The van der Waals surface area contributed by atoms with Crippen molar-refractivity contribution in [3.63, 3.8) is 0 Å². The summed E-state index contributed by atoms with van der Waals surface area (Å²) in [6.45, 7) is 1.48. The van der Waals surface area contributed by atoms with Crippen LogP contribution in [0.5, 0.6) is 0 Å². The van der Waals surface area contributed by atoms with Crippen molar-refractivity contribution in [3.8, 4) is 0 Å². The number of nitrogens with zero attached hydrogens (tertiary/aromatic N) is 1. The zero-order chi connectivity index (χ0) is 21.1.